The third-order valence-electron chi connectivity index (χ3n) is 3.20. The van der Waals surface area contributed by atoms with E-state index in [1.807, 2.05) is 30.3 Å². The van der Waals surface area contributed by atoms with Crippen molar-refractivity contribution in [3.63, 3.8) is 0 Å². The highest BCUT2D eigenvalue weighted by atomic mass is 32.2. The van der Waals surface area contributed by atoms with Crippen LogP contribution in [0.2, 0.25) is 0 Å². The van der Waals surface area contributed by atoms with Crippen molar-refractivity contribution in [1.82, 2.24) is 5.32 Å². The number of hydrogen-bond acceptors (Lipinski definition) is 7. The first-order valence-electron chi connectivity index (χ1n) is 8.41. The predicted molar refractivity (Wildman–Crippen MR) is 99.7 cm³/mol. The zero-order valence-electron chi connectivity index (χ0n) is 16.2. The standard InChI is InChI=1S/C18H27NO7S/c1-13(20)24-12-16(26-27(5,22)23)15(11-14-9-7-6-8-10-14)19-17(21)25-18(2,3)4/h6-10,15-16H,11-12H2,1-5H3,(H,19,21)/t15-,16+/m0/s1. The Morgan fingerprint density at radius 2 is 1.74 bits per heavy atom. The lowest BCUT2D eigenvalue weighted by Crippen LogP contribution is -2.50. The molecule has 0 saturated carbocycles. The van der Waals surface area contributed by atoms with Gasteiger partial charge in [0.15, 0.2) is 0 Å². The third-order valence-corrected chi connectivity index (χ3v) is 3.80. The van der Waals surface area contributed by atoms with Crippen molar-refractivity contribution in [2.75, 3.05) is 12.9 Å². The highest BCUT2D eigenvalue weighted by molar-refractivity contribution is 7.86. The number of nitrogens with one attached hydrogen (secondary N) is 1. The number of carbonyl (C=O) groups is 2. The molecule has 0 spiro atoms. The van der Waals surface area contributed by atoms with Crippen LogP contribution in [0, 0.1) is 0 Å². The summed E-state index contributed by atoms with van der Waals surface area (Å²) in [6.45, 7) is 5.99. The number of carbonyl (C=O) groups excluding carboxylic acids is 2. The highest BCUT2D eigenvalue weighted by Gasteiger charge is 2.30. The molecular formula is C18H27NO7S. The summed E-state index contributed by atoms with van der Waals surface area (Å²) in [5.74, 6) is -0.590. The van der Waals surface area contributed by atoms with Crippen molar-refractivity contribution in [2.45, 2.75) is 51.9 Å². The van der Waals surface area contributed by atoms with Gasteiger partial charge in [-0.25, -0.2) is 4.79 Å². The summed E-state index contributed by atoms with van der Waals surface area (Å²) in [6, 6.07) is 8.32. The molecule has 0 aliphatic heterocycles. The van der Waals surface area contributed by atoms with E-state index in [9.17, 15) is 18.0 Å². The average molecular weight is 401 g/mol. The molecule has 1 aromatic rings. The average Bonchev–Trinajstić information content (AvgIpc) is 2.48. The van der Waals surface area contributed by atoms with Crippen LogP contribution in [0.3, 0.4) is 0 Å². The van der Waals surface area contributed by atoms with E-state index in [4.69, 9.17) is 13.7 Å². The van der Waals surface area contributed by atoms with E-state index < -0.39 is 39.9 Å². The van der Waals surface area contributed by atoms with E-state index in [2.05, 4.69) is 5.32 Å². The van der Waals surface area contributed by atoms with E-state index in [-0.39, 0.29) is 13.0 Å². The van der Waals surface area contributed by atoms with Gasteiger partial charge in [0.2, 0.25) is 0 Å². The number of esters is 1. The molecule has 0 saturated heterocycles. The number of benzene rings is 1. The van der Waals surface area contributed by atoms with Crippen LogP contribution in [0.1, 0.15) is 33.3 Å². The van der Waals surface area contributed by atoms with Gasteiger partial charge in [-0.1, -0.05) is 30.3 Å². The minimum Gasteiger partial charge on any atom is -0.463 e. The summed E-state index contributed by atoms with van der Waals surface area (Å²) in [4.78, 5) is 23.4. The molecule has 152 valence electrons. The molecule has 0 unspecified atom stereocenters. The minimum absolute atomic E-state index is 0.252. The Morgan fingerprint density at radius 3 is 2.22 bits per heavy atom. The van der Waals surface area contributed by atoms with E-state index in [0.717, 1.165) is 11.8 Å². The number of rotatable bonds is 8. The Bertz CT molecular complexity index is 726. The Labute approximate surface area is 160 Å². The fourth-order valence-electron chi connectivity index (χ4n) is 2.24. The first-order chi connectivity index (χ1) is 12.4. The Kier molecular flexibility index (Phi) is 8.23. The summed E-state index contributed by atoms with van der Waals surface area (Å²) in [7, 11) is -3.86. The first-order valence-corrected chi connectivity index (χ1v) is 10.2. The maximum Gasteiger partial charge on any atom is 0.407 e. The van der Waals surface area contributed by atoms with Crippen LogP contribution in [-0.2, 0) is 35.0 Å². The van der Waals surface area contributed by atoms with Gasteiger partial charge in [-0.3, -0.25) is 8.98 Å². The largest absolute Gasteiger partial charge is 0.463 e. The fraction of sp³-hybridized carbons (Fsp3) is 0.556. The van der Waals surface area contributed by atoms with Gasteiger partial charge >= 0.3 is 12.1 Å². The van der Waals surface area contributed by atoms with Gasteiger partial charge in [-0.05, 0) is 32.8 Å². The highest BCUT2D eigenvalue weighted by Crippen LogP contribution is 2.14. The fourth-order valence-corrected chi connectivity index (χ4v) is 2.88. The zero-order valence-corrected chi connectivity index (χ0v) is 17.0. The summed E-state index contributed by atoms with van der Waals surface area (Å²) < 4.78 is 38.6. The molecule has 9 heteroatoms. The zero-order chi connectivity index (χ0) is 20.7. The molecule has 1 rings (SSSR count). The molecule has 1 aromatic carbocycles. The molecule has 8 nitrogen and oxygen atoms in total. The molecular weight excluding hydrogens is 374 g/mol. The van der Waals surface area contributed by atoms with Gasteiger partial charge in [0.05, 0.1) is 12.3 Å². The quantitative estimate of drug-likeness (QED) is 0.524. The molecule has 2 atom stereocenters. The molecule has 1 N–H and O–H groups in total. The number of hydrogen-bond donors (Lipinski definition) is 1. The van der Waals surface area contributed by atoms with E-state index >= 15 is 0 Å². The lowest BCUT2D eigenvalue weighted by Gasteiger charge is -2.28. The SMILES string of the molecule is CC(=O)OC[C@@H](OS(C)(=O)=O)[C@H](Cc1ccccc1)NC(=O)OC(C)(C)C. The Hall–Kier alpha value is -2.13. The van der Waals surface area contributed by atoms with Gasteiger partial charge in [0.1, 0.15) is 18.3 Å². The monoisotopic (exact) mass is 401 g/mol. The molecule has 0 aliphatic carbocycles. The third kappa shape index (κ3) is 10.6. The van der Waals surface area contributed by atoms with Gasteiger partial charge < -0.3 is 14.8 Å². The van der Waals surface area contributed by atoms with Crippen LogP contribution in [0.25, 0.3) is 0 Å². The topological polar surface area (TPSA) is 108 Å². The van der Waals surface area contributed by atoms with Crippen molar-refractivity contribution in [3.05, 3.63) is 35.9 Å². The van der Waals surface area contributed by atoms with Crippen LogP contribution < -0.4 is 5.32 Å². The van der Waals surface area contributed by atoms with Crippen LogP contribution in [0.5, 0.6) is 0 Å². The molecule has 0 heterocycles. The lowest BCUT2D eigenvalue weighted by molar-refractivity contribution is -0.143. The summed E-state index contributed by atoms with van der Waals surface area (Å²) in [5.41, 5.74) is 0.105. The molecule has 0 bridgehead atoms. The van der Waals surface area contributed by atoms with Gasteiger partial charge in [0, 0.05) is 6.92 Å². The summed E-state index contributed by atoms with van der Waals surface area (Å²) in [5, 5.41) is 2.63. The van der Waals surface area contributed by atoms with Crippen LogP contribution in [0.15, 0.2) is 30.3 Å². The molecule has 0 aliphatic rings. The first kappa shape index (κ1) is 22.9. The van der Waals surface area contributed by atoms with Crippen molar-refractivity contribution in [2.24, 2.45) is 0 Å². The van der Waals surface area contributed by atoms with E-state index in [0.29, 0.717) is 0 Å². The molecule has 27 heavy (non-hydrogen) atoms. The number of alkyl carbamates (subject to hydrolysis) is 1. The van der Waals surface area contributed by atoms with E-state index in [1.54, 1.807) is 20.8 Å². The molecule has 0 aromatic heterocycles. The van der Waals surface area contributed by atoms with Gasteiger partial charge in [0.25, 0.3) is 10.1 Å². The second-order valence-electron chi connectivity index (χ2n) is 7.08. The summed E-state index contributed by atoms with van der Waals surface area (Å²) in [6.07, 6.45) is -0.701. The second-order valence-corrected chi connectivity index (χ2v) is 8.68. The van der Waals surface area contributed by atoms with Gasteiger partial charge in [-0.15, -0.1) is 0 Å². The van der Waals surface area contributed by atoms with Gasteiger partial charge in [-0.2, -0.15) is 8.42 Å². The van der Waals surface area contributed by atoms with Crippen LogP contribution in [0.4, 0.5) is 4.79 Å². The second kappa shape index (κ2) is 9.70. The van der Waals surface area contributed by atoms with Crippen molar-refractivity contribution >= 4 is 22.2 Å². The Morgan fingerprint density at radius 1 is 1.15 bits per heavy atom. The Balaban J connectivity index is 3.07. The number of amides is 1. The van der Waals surface area contributed by atoms with Crippen molar-refractivity contribution in [3.8, 4) is 0 Å². The normalized spacial score (nSPS) is 14.1. The maximum atomic E-state index is 12.2. The minimum atomic E-state index is -3.86. The number of ether oxygens (including phenoxy) is 2. The molecule has 0 radical (unpaired) electrons. The van der Waals surface area contributed by atoms with Crippen LogP contribution >= 0.6 is 0 Å². The molecule has 1 amide bonds. The van der Waals surface area contributed by atoms with Crippen LogP contribution in [-0.4, -0.2) is 51.1 Å². The van der Waals surface area contributed by atoms with E-state index in [1.165, 1.54) is 6.92 Å². The smallest absolute Gasteiger partial charge is 0.407 e. The molecule has 0 fully saturated rings. The summed E-state index contributed by atoms with van der Waals surface area (Å²) >= 11 is 0. The lowest BCUT2D eigenvalue weighted by atomic mass is 10.0. The predicted octanol–water partition coefficient (Wildman–Crippen LogP) is 2.03. The maximum absolute atomic E-state index is 12.2. The van der Waals surface area contributed by atoms with Crippen molar-refractivity contribution in [1.29, 1.82) is 0 Å². The van der Waals surface area contributed by atoms with Crippen molar-refractivity contribution < 1.29 is 31.7 Å².